The van der Waals surface area contributed by atoms with E-state index in [1.54, 1.807) is 6.92 Å². The van der Waals surface area contributed by atoms with Gasteiger partial charge in [0.1, 0.15) is 5.52 Å². The second-order valence-electron chi connectivity index (χ2n) is 2.90. The van der Waals surface area contributed by atoms with Crippen LogP contribution < -0.4 is 5.73 Å². The lowest BCUT2D eigenvalue weighted by Gasteiger charge is -2.01. The number of carboxylic acids is 1. The minimum absolute atomic E-state index is 0.0948. The van der Waals surface area contributed by atoms with Gasteiger partial charge in [-0.1, -0.05) is 0 Å². The Balaban J connectivity index is 2.76. The Hall–Kier alpha value is -2.31. The summed E-state index contributed by atoms with van der Waals surface area (Å²) in [5.41, 5.74) is 6.43. The Labute approximate surface area is 84.0 Å². The lowest BCUT2D eigenvalue weighted by Crippen LogP contribution is -2.05. The van der Waals surface area contributed by atoms with Crippen LogP contribution in [0.2, 0.25) is 0 Å². The average Bonchev–Trinajstić information content (AvgIpc) is 2.16. The summed E-state index contributed by atoms with van der Waals surface area (Å²) >= 11 is 0. The number of aryl methyl sites for hydroxylation is 1. The minimum atomic E-state index is -1.14. The van der Waals surface area contributed by atoms with Crippen LogP contribution in [0.3, 0.4) is 0 Å². The molecule has 2 aromatic rings. The molecule has 0 unspecified atom stereocenters. The van der Waals surface area contributed by atoms with Gasteiger partial charge in [-0.25, -0.2) is 19.7 Å². The molecule has 0 atom stereocenters. The number of rotatable bonds is 1. The maximum Gasteiger partial charge on any atom is 0.356 e. The Kier molecular flexibility index (Phi) is 1.93. The first kappa shape index (κ1) is 9.25. The smallest absolute Gasteiger partial charge is 0.356 e. The van der Waals surface area contributed by atoms with Crippen molar-refractivity contribution in [3.8, 4) is 0 Å². The zero-order valence-corrected chi connectivity index (χ0v) is 7.80. The fourth-order valence-corrected chi connectivity index (χ4v) is 1.17. The van der Waals surface area contributed by atoms with Gasteiger partial charge in [0.25, 0.3) is 0 Å². The lowest BCUT2D eigenvalue weighted by atomic mass is 10.3. The SMILES string of the molecule is Cc1nc(N)nc2ncc(C(=O)O)nc12. The summed E-state index contributed by atoms with van der Waals surface area (Å²) in [4.78, 5) is 26.1. The Bertz CT molecular complexity index is 554. The van der Waals surface area contributed by atoms with Crippen molar-refractivity contribution < 1.29 is 9.90 Å². The monoisotopic (exact) mass is 205 g/mol. The molecule has 0 saturated carbocycles. The van der Waals surface area contributed by atoms with Crippen LogP contribution in [0.5, 0.6) is 0 Å². The van der Waals surface area contributed by atoms with Gasteiger partial charge in [-0.05, 0) is 6.92 Å². The van der Waals surface area contributed by atoms with Gasteiger partial charge in [0.05, 0.1) is 11.9 Å². The molecule has 0 amide bonds. The van der Waals surface area contributed by atoms with E-state index in [9.17, 15) is 4.79 Å². The molecule has 0 aliphatic heterocycles. The number of anilines is 1. The molecule has 0 aromatic carbocycles. The fraction of sp³-hybridized carbons (Fsp3) is 0.125. The number of nitrogens with zero attached hydrogens (tertiary/aromatic N) is 4. The lowest BCUT2D eigenvalue weighted by molar-refractivity contribution is 0.0690. The molecule has 0 radical (unpaired) electrons. The number of fused-ring (bicyclic) bond motifs is 1. The Morgan fingerprint density at radius 3 is 2.80 bits per heavy atom. The molecule has 3 N–H and O–H groups in total. The highest BCUT2D eigenvalue weighted by Crippen LogP contribution is 2.11. The molecule has 2 rings (SSSR count). The standard InChI is InChI=1S/C8H7N5O2/c1-3-5-6(13-8(9)11-3)10-2-4(12-5)7(14)15/h2H,1H3,(H,14,15)(H2,9,10,11,13). The highest BCUT2D eigenvalue weighted by Gasteiger charge is 2.10. The molecule has 0 aliphatic carbocycles. The van der Waals surface area contributed by atoms with Crippen molar-refractivity contribution in [2.24, 2.45) is 0 Å². The number of carbonyl (C=O) groups is 1. The predicted molar refractivity (Wildman–Crippen MR) is 51.2 cm³/mol. The van der Waals surface area contributed by atoms with E-state index in [1.807, 2.05) is 0 Å². The normalized spacial score (nSPS) is 10.5. The number of nitrogen functional groups attached to an aromatic ring is 1. The molecule has 2 aromatic heterocycles. The first-order chi connectivity index (χ1) is 7.08. The predicted octanol–water partition coefficient (Wildman–Crippen LogP) is 0.00862. The van der Waals surface area contributed by atoms with Gasteiger partial charge in [0.2, 0.25) is 5.95 Å². The zero-order chi connectivity index (χ0) is 11.0. The van der Waals surface area contributed by atoms with Crippen LogP contribution in [0, 0.1) is 6.92 Å². The third-order valence-electron chi connectivity index (χ3n) is 1.82. The number of carboxylic acid groups (broad SMARTS) is 1. The van der Waals surface area contributed by atoms with Gasteiger partial charge < -0.3 is 10.8 Å². The first-order valence-electron chi connectivity index (χ1n) is 4.08. The Morgan fingerprint density at radius 2 is 2.13 bits per heavy atom. The van der Waals surface area contributed by atoms with Crippen molar-refractivity contribution in [3.63, 3.8) is 0 Å². The van der Waals surface area contributed by atoms with Crippen molar-refractivity contribution in [3.05, 3.63) is 17.6 Å². The van der Waals surface area contributed by atoms with Crippen LogP contribution in [0.1, 0.15) is 16.2 Å². The average molecular weight is 205 g/mol. The molecule has 0 aliphatic rings. The number of aromatic carboxylic acids is 1. The third kappa shape index (κ3) is 1.54. The number of aromatic nitrogens is 4. The largest absolute Gasteiger partial charge is 0.476 e. The third-order valence-corrected chi connectivity index (χ3v) is 1.82. The quantitative estimate of drug-likeness (QED) is 0.673. The highest BCUT2D eigenvalue weighted by molar-refractivity contribution is 5.87. The molecular formula is C8H7N5O2. The van der Waals surface area contributed by atoms with E-state index in [2.05, 4.69) is 19.9 Å². The second-order valence-corrected chi connectivity index (χ2v) is 2.90. The summed E-state index contributed by atoms with van der Waals surface area (Å²) in [6.45, 7) is 1.67. The summed E-state index contributed by atoms with van der Waals surface area (Å²) in [7, 11) is 0. The van der Waals surface area contributed by atoms with Crippen molar-refractivity contribution in [2.45, 2.75) is 6.92 Å². The van der Waals surface area contributed by atoms with Gasteiger partial charge in [0, 0.05) is 0 Å². The van der Waals surface area contributed by atoms with Crippen LogP contribution in [0.15, 0.2) is 6.20 Å². The van der Waals surface area contributed by atoms with E-state index in [1.165, 1.54) is 0 Å². The zero-order valence-electron chi connectivity index (χ0n) is 7.80. The maximum absolute atomic E-state index is 10.7. The van der Waals surface area contributed by atoms with Gasteiger partial charge in [0.15, 0.2) is 11.3 Å². The summed E-state index contributed by atoms with van der Waals surface area (Å²) in [5, 5.41) is 8.72. The molecular weight excluding hydrogens is 198 g/mol. The fourth-order valence-electron chi connectivity index (χ4n) is 1.17. The second kappa shape index (κ2) is 3.12. The molecule has 15 heavy (non-hydrogen) atoms. The van der Waals surface area contributed by atoms with E-state index in [0.29, 0.717) is 16.9 Å². The highest BCUT2D eigenvalue weighted by atomic mass is 16.4. The van der Waals surface area contributed by atoms with Crippen molar-refractivity contribution in [1.82, 2.24) is 19.9 Å². The van der Waals surface area contributed by atoms with Gasteiger partial charge in [-0.3, -0.25) is 0 Å². The molecule has 2 heterocycles. The van der Waals surface area contributed by atoms with Crippen LogP contribution in [-0.4, -0.2) is 31.0 Å². The van der Waals surface area contributed by atoms with E-state index < -0.39 is 5.97 Å². The van der Waals surface area contributed by atoms with Crippen molar-refractivity contribution >= 4 is 23.1 Å². The topological polar surface area (TPSA) is 115 Å². The van der Waals surface area contributed by atoms with Crippen LogP contribution >= 0.6 is 0 Å². The molecule has 0 bridgehead atoms. The van der Waals surface area contributed by atoms with E-state index in [0.717, 1.165) is 6.20 Å². The number of hydrogen-bond donors (Lipinski definition) is 2. The minimum Gasteiger partial charge on any atom is -0.476 e. The summed E-state index contributed by atoms with van der Waals surface area (Å²) < 4.78 is 0. The molecule has 0 saturated heterocycles. The summed E-state index contributed by atoms with van der Waals surface area (Å²) in [6.07, 6.45) is 1.14. The maximum atomic E-state index is 10.7. The summed E-state index contributed by atoms with van der Waals surface area (Å²) in [5.74, 6) is -1.04. The van der Waals surface area contributed by atoms with Crippen LogP contribution in [0.4, 0.5) is 5.95 Å². The van der Waals surface area contributed by atoms with E-state index >= 15 is 0 Å². The van der Waals surface area contributed by atoms with E-state index in [-0.39, 0.29) is 11.6 Å². The molecule has 76 valence electrons. The van der Waals surface area contributed by atoms with E-state index in [4.69, 9.17) is 10.8 Å². The van der Waals surface area contributed by atoms with Gasteiger partial charge >= 0.3 is 5.97 Å². The van der Waals surface area contributed by atoms with Gasteiger partial charge in [-0.15, -0.1) is 0 Å². The molecule has 7 nitrogen and oxygen atoms in total. The first-order valence-corrected chi connectivity index (χ1v) is 4.08. The Morgan fingerprint density at radius 1 is 1.40 bits per heavy atom. The van der Waals surface area contributed by atoms with Crippen molar-refractivity contribution in [1.29, 1.82) is 0 Å². The number of nitrogens with two attached hydrogens (primary N) is 1. The van der Waals surface area contributed by atoms with Gasteiger partial charge in [-0.2, -0.15) is 4.98 Å². The summed E-state index contributed by atoms with van der Waals surface area (Å²) in [6, 6.07) is 0. The van der Waals surface area contributed by atoms with Crippen LogP contribution in [0.25, 0.3) is 11.2 Å². The van der Waals surface area contributed by atoms with Crippen molar-refractivity contribution in [2.75, 3.05) is 5.73 Å². The molecule has 7 heteroatoms. The molecule has 0 fully saturated rings. The molecule has 0 spiro atoms. The van der Waals surface area contributed by atoms with Crippen LogP contribution in [-0.2, 0) is 0 Å². The number of hydrogen-bond acceptors (Lipinski definition) is 6.